The van der Waals surface area contributed by atoms with Crippen molar-refractivity contribution in [2.75, 3.05) is 5.32 Å². The maximum Gasteiger partial charge on any atom is 0.202 e. The smallest absolute Gasteiger partial charge is 0.202 e. The molecule has 1 aromatic heterocycles. The van der Waals surface area contributed by atoms with Crippen LogP contribution in [0.5, 0.6) is 5.75 Å². The van der Waals surface area contributed by atoms with Crippen molar-refractivity contribution in [1.29, 1.82) is 0 Å². The predicted molar refractivity (Wildman–Crippen MR) is 70.9 cm³/mol. The van der Waals surface area contributed by atoms with Crippen LogP contribution in [-0.4, -0.2) is 10.1 Å². The monoisotopic (exact) mass is 278 g/mol. The molecule has 0 radical (unpaired) electrons. The van der Waals surface area contributed by atoms with Gasteiger partial charge in [-0.3, -0.25) is 0 Å². The number of nitrogens with one attached hydrogen (secondary N) is 1. The van der Waals surface area contributed by atoms with Gasteiger partial charge in [-0.15, -0.1) is 0 Å². The molecule has 0 saturated carbocycles. The van der Waals surface area contributed by atoms with E-state index in [9.17, 15) is 8.78 Å². The summed E-state index contributed by atoms with van der Waals surface area (Å²) >= 11 is 1.34. The van der Waals surface area contributed by atoms with Crippen molar-refractivity contribution in [2.24, 2.45) is 0 Å². The summed E-state index contributed by atoms with van der Waals surface area (Å²) in [6, 6.07) is 9.82. The van der Waals surface area contributed by atoms with Gasteiger partial charge in [0.25, 0.3) is 0 Å². The highest BCUT2D eigenvalue weighted by molar-refractivity contribution is 7.22. The minimum Gasteiger partial charge on any atom is -0.505 e. The molecule has 3 nitrogen and oxygen atoms in total. The molecule has 19 heavy (non-hydrogen) atoms. The van der Waals surface area contributed by atoms with Crippen LogP contribution in [0.3, 0.4) is 0 Å². The largest absolute Gasteiger partial charge is 0.505 e. The summed E-state index contributed by atoms with van der Waals surface area (Å²) in [4.78, 5) is 4.26. The van der Waals surface area contributed by atoms with Crippen molar-refractivity contribution in [1.82, 2.24) is 4.98 Å². The molecule has 2 N–H and O–H groups in total. The first kappa shape index (κ1) is 11.9. The predicted octanol–water partition coefficient (Wildman–Crippen LogP) is 4.02. The molecule has 0 unspecified atom stereocenters. The number of hydrogen-bond donors (Lipinski definition) is 2. The zero-order valence-electron chi connectivity index (χ0n) is 9.52. The SMILES string of the molecule is Oc1ccc(Nc2nc3ccccc3s2)c(F)c1F. The van der Waals surface area contributed by atoms with Gasteiger partial charge in [-0.25, -0.2) is 9.37 Å². The number of rotatable bonds is 2. The van der Waals surface area contributed by atoms with Crippen LogP contribution >= 0.6 is 11.3 Å². The standard InChI is InChI=1S/C13H8F2N2OS/c14-11-8(5-6-9(18)12(11)15)17-13-16-7-3-1-2-4-10(7)19-13/h1-6,18H,(H,16,17). The number of aromatic nitrogens is 1. The zero-order chi connectivity index (χ0) is 13.4. The minimum atomic E-state index is -1.27. The Bertz CT molecular complexity index is 724. The van der Waals surface area contributed by atoms with Crippen LogP contribution in [0.1, 0.15) is 0 Å². The summed E-state index contributed by atoms with van der Waals surface area (Å²) in [7, 11) is 0. The number of fused-ring (bicyclic) bond motifs is 1. The molecule has 0 bridgehead atoms. The molecule has 6 heteroatoms. The van der Waals surface area contributed by atoms with Gasteiger partial charge >= 0.3 is 0 Å². The van der Waals surface area contributed by atoms with Crippen molar-refractivity contribution in [2.45, 2.75) is 0 Å². The summed E-state index contributed by atoms with van der Waals surface area (Å²) in [6.07, 6.45) is 0. The first-order valence-electron chi connectivity index (χ1n) is 5.45. The van der Waals surface area contributed by atoms with Gasteiger partial charge in [0.2, 0.25) is 5.82 Å². The lowest BCUT2D eigenvalue weighted by Crippen LogP contribution is -1.96. The van der Waals surface area contributed by atoms with E-state index in [-0.39, 0.29) is 5.69 Å². The van der Waals surface area contributed by atoms with E-state index in [0.717, 1.165) is 16.3 Å². The van der Waals surface area contributed by atoms with Gasteiger partial charge in [-0.2, -0.15) is 4.39 Å². The molecule has 0 fully saturated rings. The van der Waals surface area contributed by atoms with E-state index in [4.69, 9.17) is 5.11 Å². The Morgan fingerprint density at radius 3 is 2.63 bits per heavy atom. The van der Waals surface area contributed by atoms with Gasteiger partial charge < -0.3 is 10.4 Å². The topological polar surface area (TPSA) is 45.1 Å². The van der Waals surface area contributed by atoms with E-state index in [1.54, 1.807) is 0 Å². The number of anilines is 2. The highest BCUT2D eigenvalue weighted by Crippen LogP contribution is 2.31. The molecule has 96 valence electrons. The van der Waals surface area contributed by atoms with Crippen molar-refractivity contribution >= 4 is 32.4 Å². The second-order valence-corrected chi connectivity index (χ2v) is 4.90. The Balaban J connectivity index is 1.99. The van der Waals surface area contributed by atoms with Crippen LogP contribution in [0.2, 0.25) is 0 Å². The number of phenolic OH excluding ortho intramolecular Hbond substituents is 1. The summed E-state index contributed by atoms with van der Waals surface area (Å²) in [5.74, 6) is -3.11. The van der Waals surface area contributed by atoms with Crippen molar-refractivity contribution in [3.8, 4) is 5.75 Å². The number of halogens is 2. The van der Waals surface area contributed by atoms with Gasteiger partial charge in [0.05, 0.1) is 15.9 Å². The average Bonchev–Trinajstić information content (AvgIpc) is 2.82. The fraction of sp³-hybridized carbons (Fsp3) is 0. The van der Waals surface area contributed by atoms with Crippen LogP contribution in [0.25, 0.3) is 10.2 Å². The Morgan fingerprint density at radius 1 is 1.05 bits per heavy atom. The normalized spacial score (nSPS) is 10.8. The number of para-hydroxylation sites is 1. The molecular formula is C13H8F2N2OS. The molecule has 3 aromatic rings. The first-order valence-corrected chi connectivity index (χ1v) is 6.26. The highest BCUT2D eigenvalue weighted by atomic mass is 32.1. The molecule has 0 saturated heterocycles. The van der Waals surface area contributed by atoms with Crippen molar-refractivity contribution < 1.29 is 13.9 Å². The van der Waals surface area contributed by atoms with E-state index in [1.165, 1.54) is 17.4 Å². The molecule has 1 heterocycles. The molecule has 0 aliphatic rings. The lowest BCUT2D eigenvalue weighted by Gasteiger charge is -2.05. The van der Waals surface area contributed by atoms with E-state index < -0.39 is 17.4 Å². The minimum absolute atomic E-state index is 0.0608. The number of phenols is 1. The average molecular weight is 278 g/mol. The number of thiazole rings is 1. The second kappa shape index (κ2) is 4.47. The van der Waals surface area contributed by atoms with Gasteiger partial charge in [-0.05, 0) is 24.3 Å². The van der Waals surface area contributed by atoms with Crippen LogP contribution in [0.4, 0.5) is 19.6 Å². The number of benzene rings is 2. The maximum absolute atomic E-state index is 13.6. The third kappa shape index (κ3) is 2.10. The molecule has 0 aliphatic heterocycles. The third-order valence-corrected chi connectivity index (χ3v) is 3.55. The van der Waals surface area contributed by atoms with Crippen molar-refractivity contribution in [3.63, 3.8) is 0 Å². The summed E-state index contributed by atoms with van der Waals surface area (Å²) in [5.41, 5.74) is 0.726. The van der Waals surface area contributed by atoms with E-state index in [0.29, 0.717) is 5.13 Å². The first-order chi connectivity index (χ1) is 9.15. The summed E-state index contributed by atoms with van der Waals surface area (Å²) in [5, 5.41) is 12.2. The Kier molecular flexibility index (Phi) is 2.79. The molecule has 2 aromatic carbocycles. The van der Waals surface area contributed by atoms with Crippen molar-refractivity contribution in [3.05, 3.63) is 48.0 Å². The second-order valence-electron chi connectivity index (χ2n) is 3.87. The Hall–Kier alpha value is -2.21. The quantitative estimate of drug-likeness (QED) is 0.696. The highest BCUT2D eigenvalue weighted by Gasteiger charge is 2.14. The number of hydrogen-bond acceptors (Lipinski definition) is 4. The third-order valence-electron chi connectivity index (χ3n) is 2.60. The zero-order valence-corrected chi connectivity index (χ0v) is 10.3. The molecule has 0 atom stereocenters. The molecule has 3 rings (SSSR count). The molecule has 0 aliphatic carbocycles. The van der Waals surface area contributed by atoms with Crippen LogP contribution in [0.15, 0.2) is 36.4 Å². The fourth-order valence-electron chi connectivity index (χ4n) is 1.68. The lowest BCUT2D eigenvalue weighted by molar-refractivity contribution is 0.408. The van der Waals surface area contributed by atoms with E-state index in [2.05, 4.69) is 10.3 Å². The summed E-state index contributed by atoms with van der Waals surface area (Å²) < 4.78 is 27.7. The molecular weight excluding hydrogens is 270 g/mol. The molecule has 0 amide bonds. The lowest BCUT2D eigenvalue weighted by atomic mass is 10.3. The summed E-state index contributed by atoms with van der Waals surface area (Å²) in [6.45, 7) is 0. The number of nitrogens with zero attached hydrogens (tertiary/aromatic N) is 1. The van der Waals surface area contributed by atoms with Gasteiger partial charge in [-0.1, -0.05) is 23.5 Å². The fourth-order valence-corrected chi connectivity index (χ4v) is 2.55. The number of aromatic hydroxyl groups is 1. The Morgan fingerprint density at radius 2 is 1.84 bits per heavy atom. The van der Waals surface area contributed by atoms with Crippen LogP contribution in [0, 0.1) is 11.6 Å². The molecule has 0 spiro atoms. The van der Waals surface area contributed by atoms with Gasteiger partial charge in [0, 0.05) is 0 Å². The van der Waals surface area contributed by atoms with Crippen LogP contribution in [-0.2, 0) is 0 Å². The van der Waals surface area contributed by atoms with E-state index >= 15 is 0 Å². The van der Waals surface area contributed by atoms with E-state index in [1.807, 2.05) is 24.3 Å². The van der Waals surface area contributed by atoms with Crippen LogP contribution < -0.4 is 5.32 Å². The Labute approximate surface area is 111 Å². The van der Waals surface area contributed by atoms with Gasteiger partial charge in [0.1, 0.15) is 0 Å². The van der Waals surface area contributed by atoms with Gasteiger partial charge in [0.15, 0.2) is 16.7 Å². The maximum atomic E-state index is 13.6.